The molecule has 0 saturated carbocycles. The van der Waals surface area contributed by atoms with E-state index in [-0.39, 0.29) is 23.6 Å². The fraction of sp³-hybridized carbons (Fsp3) is 0.222. The minimum Gasteiger partial charge on any atom is -0.494 e. The molecule has 0 atom stereocenters. The van der Waals surface area contributed by atoms with Gasteiger partial charge in [0.15, 0.2) is 39.7 Å². The van der Waals surface area contributed by atoms with Crippen LogP contribution >= 0.6 is 0 Å². The third-order valence-electron chi connectivity index (χ3n) is 3.62. The molecule has 0 fully saturated rings. The fourth-order valence-electron chi connectivity index (χ4n) is 2.44. The van der Waals surface area contributed by atoms with Crippen molar-refractivity contribution in [3.63, 3.8) is 0 Å². The van der Waals surface area contributed by atoms with Gasteiger partial charge in [-0.05, 0) is 31.6 Å². The highest BCUT2D eigenvalue weighted by atomic mass is 32.2. The Hall–Kier alpha value is -2.75. The van der Waals surface area contributed by atoms with E-state index in [9.17, 15) is 26.0 Å². The third-order valence-corrected chi connectivity index (χ3v) is 5.03. The molecule has 2 aromatic rings. The number of ether oxygens (including phenoxy) is 2. The summed E-state index contributed by atoms with van der Waals surface area (Å²) >= 11 is 0. The highest BCUT2D eigenvalue weighted by molar-refractivity contribution is 7.92. The summed E-state index contributed by atoms with van der Waals surface area (Å²) in [6, 6.07) is 3.02. The quantitative estimate of drug-likeness (QED) is 0.531. The van der Waals surface area contributed by atoms with Gasteiger partial charge in [-0.3, -0.25) is 4.72 Å². The Morgan fingerprint density at radius 3 is 2.29 bits per heavy atom. The van der Waals surface area contributed by atoms with E-state index >= 15 is 0 Å². The average molecular weight is 419 g/mol. The second-order valence-corrected chi connectivity index (χ2v) is 7.26. The maximum Gasteiger partial charge on any atom is 0.268 e. The van der Waals surface area contributed by atoms with Gasteiger partial charge in [-0.25, -0.2) is 26.0 Å². The number of benzene rings is 2. The largest absolute Gasteiger partial charge is 0.494 e. The molecule has 0 aliphatic rings. The lowest BCUT2D eigenvalue weighted by atomic mass is 10.1. The van der Waals surface area contributed by atoms with Gasteiger partial charge in [-0.15, -0.1) is 0 Å². The van der Waals surface area contributed by atoms with Crippen molar-refractivity contribution < 1.29 is 35.5 Å². The van der Waals surface area contributed by atoms with E-state index in [1.807, 2.05) is 4.72 Å². The van der Waals surface area contributed by atoms with Crippen LogP contribution in [0.3, 0.4) is 0 Å². The van der Waals surface area contributed by atoms with Crippen molar-refractivity contribution in [2.75, 3.05) is 18.4 Å². The molecule has 1 N–H and O–H groups in total. The number of halogens is 4. The number of sulfonamides is 1. The lowest BCUT2D eigenvalue weighted by Crippen LogP contribution is -2.19. The van der Waals surface area contributed by atoms with Gasteiger partial charge >= 0.3 is 0 Å². The van der Waals surface area contributed by atoms with E-state index in [0.717, 1.165) is 18.2 Å². The van der Waals surface area contributed by atoms with Crippen LogP contribution in [0, 0.1) is 23.3 Å². The summed E-state index contributed by atoms with van der Waals surface area (Å²) in [6.45, 7) is 5.76. The van der Waals surface area contributed by atoms with E-state index in [4.69, 9.17) is 9.47 Å². The maximum atomic E-state index is 14.7. The van der Waals surface area contributed by atoms with Crippen molar-refractivity contribution in [3.8, 4) is 11.5 Å². The van der Waals surface area contributed by atoms with Gasteiger partial charge in [0.05, 0.1) is 25.0 Å². The molecule has 0 radical (unpaired) electrons. The summed E-state index contributed by atoms with van der Waals surface area (Å²) in [5.41, 5.74) is -1.30. The molecular formula is C18H17F4NO4S. The molecule has 0 amide bonds. The first-order valence-electron chi connectivity index (χ1n) is 7.90. The van der Waals surface area contributed by atoms with Gasteiger partial charge in [0.2, 0.25) is 0 Å². The predicted molar refractivity (Wildman–Crippen MR) is 96.0 cm³/mol. The van der Waals surface area contributed by atoms with Crippen molar-refractivity contribution in [1.82, 2.24) is 0 Å². The highest BCUT2D eigenvalue weighted by Crippen LogP contribution is 2.38. The first kappa shape index (κ1) is 21.5. The number of nitrogens with one attached hydrogen (secondary N) is 1. The van der Waals surface area contributed by atoms with Crippen LogP contribution in [0.25, 0.3) is 5.57 Å². The summed E-state index contributed by atoms with van der Waals surface area (Å²) in [5.74, 6) is -7.04. The lowest BCUT2D eigenvalue weighted by Gasteiger charge is -2.17. The molecule has 10 heteroatoms. The second kappa shape index (κ2) is 8.09. The molecule has 0 aliphatic heterocycles. The third kappa shape index (κ3) is 3.91. The Morgan fingerprint density at radius 2 is 1.79 bits per heavy atom. The fourth-order valence-corrected chi connectivity index (χ4v) is 3.70. The topological polar surface area (TPSA) is 64.6 Å². The van der Waals surface area contributed by atoms with E-state index in [1.165, 1.54) is 21.0 Å². The molecule has 0 heterocycles. The predicted octanol–water partition coefficient (Wildman–Crippen LogP) is 4.48. The van der Waals surface area contributed by atoms with E-state index < -0.39 is 49.5 Å². The highest BCUT2D eigenvalue weighted by Gasteiger charge is 2.34. The molecule has 2 rings (SSSR count). The van der Waals surface area contributed by atoms with Crippen LogP contribution in [0.5, 0.6) is 11.5 Å². The molecule has 0 spiro atoms. The lowest BCUT2D eigenvalue weighted by molar-refractivity contribution is 0.302. The molecular weight excluding hydrogens is 402 g/mol. The monoisotopic (exact) mass is 419 g/mol. The molecule has 0 aromatic heterocycles. The minimum atomic E-state index is -4.89. The maximum absolute atomic E-state index is 14.7. The molecule has 152 valence electrons. The number of hydrogen-bond acceptors (Lipinski definition) is 4. The Kier molecular flexibility index (Phi) is 6.23. The summed E-state index contributed by atoms with van der Waals surface area (Å²) in [5, 5.41) is 0. The molecule has 0 unspecified atom stereocenters. The van der Waals surface area contributed by atoms with E-state index in [2.05, 4.69) is 6.58 Å². The van der Waals surface area contributed by atoms with Gasteiger partial charge in [0, 0.05) is 6.07 Å². The zero-order valence-electron chi connectivity index (χ0n) is 15.2. The SMILES string of the molecule is C=C(C)c1c(F)c(F)c(S(=O)(=O)Nc2ccc(OC)c(F)c2)c(OCC)c1F. The van der Waals surface area contributed by atoms with Gasteiger partial charge in [-0.2, -0.15) is 0 Å². The van der Waals surface area contributed by atoms with Crippen LogP contribution in [0.1, 0.15) is 19.4 Å². The van der Waals surface area contributed by atoms with Crippen LogP contribution in [0.4, 0.5) is 23.2 Å². The van der Waals surface area contributed by atoms with Gasteiger partial charge in [-0.1, -0.05) is 6.58 Å². The normalized spacial score (nSPS) is 11.2. The smallest absolute Gasteiger partial charge is 0.268 e. The number of methoxy groups -OCH3 is 1. The van der Waals surface area contributed by atoms with Crippen LogP contribution < -0.4 is 14.2 Å². The van der Waals surface area contributed by atoms with E-state index in [1.54, 1.807) is 0 Å². The van der Waals surface area contributed by atoms with Gasteiger partial charge in [0.25, 0.3) is 10.0 Å². The van der Waals surface area contributed by atoms with Gasteiger partial charge < -0.3 is 9.47 Å². The number of rotatable bonds is 7. The summed E-state index contributed by atoms with van der Waals surface area (Å²) < 4.78 is 94.2. The Bertz CT molecular complexity index is 1040. The average Bonchev–Trinajstić information content (AvgIpc) is 2.59. The number of anilines is 1. The van der Waals surface area contributed by atoms with Crippen molar-refractivity contribution in [3.05, 3.63) is 53.6 Å². The zero-order chi connectivity index (χ0) is 21.2. The summed E-state index contributed by atoms with van der Waals surface area (Å²) in [6.07, 6.45) is 0. The first-order valence-corrected chi connectivity index (χ1v) is 9.38. The van der Waals surface area contributed by atoms with Crippen molar-refractivity contribution in [1.29, 1.82) is 0 Å². The zero-order valence-corrected chi connectivity index (χ0v) is 16.0. The minimum absolute atomic E-state index is 0.160. The standard InChI is InChI=1S/C18H17F4NO4S/c1-5-27-17-15(21)13(9(2)3)14(20)16(22)18(17)28(24,25)23-10-6-7-12(26-4)11(19)8-10/h6-8,23H,2,5H2,1,3-4H3. The molecule has 0 saturated heterocycles. The van der Waals surface area contributed by atoms with Crippen molar-refractivity contribution >= 4 is 21.3 Å². The summed E-state index contributed by atoms with van der Waals surface area (Å²) in [7, 11) is -3.68. The number of hydrogen-bond donors (Lipinski definition) is 1. The van der Waals surface area contributed by atoms with Crippen LogP contribution in [0.15, 0.2) is 29.7 Å². The van der Waals surface area contributed by atoms with Crippen molar-refractivity contribution in [2.45, 2.75) is 18.7 Å². The van der Waals surface area contributed by atoms with Crippen LogP contribution in [-0.2, 0) is 10.0 Å². The molecule has 2 aromatic carbocycles. The number of allylic oxidation sites excluding steroid dienone is 1. The second-order valence-electron chi connectivity index (χ2n) is 5.64. The molecule has 28 heavy (non-hydrogen) atoms. The summed E-state index contributed by atoms with van der Waals surface area (Å²) in [4.78, 5) is -1.37. The van der Waals surface area contributed by atoms with Crippen LogP contribution in [-0.4, -0.2) is 22.1 Å². The molecule has 0 aliphatic carbocycles. The first-order chi connectivity index (χ1) is 13.0. The van der Waals surface area contributed by atoms with Crippen LogP contribution in [0.2, 0.25) is 0 Å². The Morgan fingerprint density at radius 1 is 1.14 bits per heavy atom. The Labute approximate surface area is 159 Å². The van der Waals surface area contributed by atoms with Crippen molar-refractivity contribution in [2.24, 2.45) is 0 Å². The van der Waals surface area contributed by atoms with Gasteiger partial charge in [0.1, 0.15) is 0 Å². The molecule has 0 bridgehead atoms. The molecule has 5 nitrogen and oxygen atoms in total. The Balaban J connectivity index is 2.67. The van der Waals surface area contributed by atoms with E-state index in [0.29, 0.717) is 0 Å².